The summed E-state index contributed by atoms with van der Waals surface area (Å²) in [4.78, 5) is 0. The van der Waals surface area contributed by atoms with E-state index in [2.05, 4.69) is 30.3 Å². The van der Waals surface area contributed by atoms with Gasteiger partial charge in [-0.05, 0) is 25.5 Å². The Bertz CT molecular complexity index is 553. The highest BCUT2D eigenvalue weighted by atomic mass is 15.3. The number of rotatable bonds is 5. The Hall–Kier alpha value is -2.12. The molecule has 2 atom stereocenters. The minimum absolute atomic E-state index is 0.310. The summed E-state index contributed by atoms with van der Waals surface area (Å²) in [6.45, 7) is 4.17. The lowest BCUT2D eigenvalue weighted by molar-refractivity contribution is 0.501. The van der Waals surface area contributed by atoms with E-state index in [0.29, 0.717) is 6.04 Å². The molecular formula is C15H18N4. The van der Waals surface area contributed by atoms with Crippen LogP contribution in [-0.2, 0) is 0 Å². The highest BCUT2D eigenvalue weighted by molar-refractivity contribution is 5.32. The van der Waals surface area contributed by atoms with Crippen LogP contribution in [0.15, 0.2) is 42.7 Å². The van der Waals surface area contributed by atoms with Gasteiger partial charge in [0.2, 0.25) is 0 Å². The van der Waals surface area contributed by atoms with Gasteiger partial charge in [0.1, 0.15) is 6.04 Å². The first-order valence-corrected chi connectivity index (χ1v) is 6.50. The van der Waals surface area contributed by atoms with E-state index in [1.165, 1.54) is 0 Å². The third kappa shape index (κ3) is 3.21. The quantitative estimate of drug-likeness (QED) is 0.892. The Kier molecular flexibility index (Phi) is 4.32. The fourth-order valence-corrected chi connectivity index (χ4v) is 1.82. The molecule has 0 aliphatic heterocycles. The van der Waals surface area contributed by atoms with Crippen molar-refractivity contribution in [2.45, 2.75) is 32.4 Å². The van der Waals surface area contributed by atoms with E-state index in [1.54, 1.807) is 10.9 Å². The van der Waals surface area contributed by atoms with E-state index < -0.39 is 0 Å². The molecule has 4 nitrogen and oxygen atoms in total. The van der Waals surface area contributed by atoms with E-state index in [1.807, 2.05) is 36.5 Å². The Morgan fingerprint density at radius 1 is 1.37 bits per heavy atom. The second kappa shape index (κ2) is 6.17. The van der Waals surface area contributed by atoms with Crippen LogP contribution in [0.4, 0.5) is 0 Å². The van der Waals surface area contributed by atoms with Crippen LogP contribution >= 0.6 is 0 Å². The molecule has 0 aliphatic rings. The number of para-hydroxylation sites is 1. The second-order valence-corrected chi connectivity index (χ2v) is 4.59. The molecule has 19 heavy (non-hydrogen) atoms. The van der Waals surface area contributed by atoms with Gasteiger partial charge in [-0.2, -0.15) is 10.4 Å². The fraction of sp³-hybridized carbons (Fsp3) is 0.333. The number of nitrogens with one attached hydrogen (secondary N) is 1. The largest absolute Gasteiger partial charge is 0.296 e. The minimum atomic E-state index is -0.313. The first-order valence-electron chi connectivity index (χ1n) is 6.50. The van der Waals surface area contributed by atoms with E-state index in [-0.39, 0.29) is 6.04 Å². The summed E-state index contributed by atoms with van der Waals surface area (Å²) in [5, 5.41) is 16.9. The minimum Gasteiger partial charge on any atom is -0.296 e. The molecule has 0 saturated carbocycles. The summed E-state index contributed by atoms with van der Waals surface area (Å²) >= 11 is 0. The van der Waals surface area contributed by atoms with E-state index in [9.17, 15) is 5.26 Å². The lowest BCUT2D eigenvalue weighted by Gasteiger charge is -2.15. The molecular weight excluding hydrogens is 236 g/mol. The Morgan fingerprint density at radius 3 is 2.74 bits per heavy atom. The lowest BCUT2D eigenvalue weighted by Crippen LogP contribution is -2.28. The van der Waals surface area contributed by atoms with Crippen LogP contribution in [0.5, 0.6) is 0 Å². The molecule has 1 aromatic heterocycles. The summed E-state index contributed by atoms with van der Waals surface area (Å²) in [5.74, 6) is 0. The number of hydrogen-bond donors (Lipinski definition) is 1. The number of hydrogen-bond acceptors (Lipinski definition) is 3. The molecule has 98 valence electrons. The topological polar surface area (TPSA) is 53.6 Å². The maximum absolute atomic E-state index is 9.25. The monoisotopic (exact) mass is 254 g/mol. The summed E-state index contributed by atoms with van der Waals surface area (Å²) in [6.07, 6.45) is 4.64. The first-order chi connectivity index (χ1) is 9.24. The smallest absolute Gasteiger partial charge is 0.124 e. The van der Waals surface area contributed by atoms with Gasteiger partial charge in [-0.15, -0.1) is 0 Å². The van der Waals surface area contributed by atoms with Crippen LogP contribution in [0.2, 0.25) is 0 Å². The summed E-state index contributed by atoms with van der Waals surface area (Å²) < 4.78 is 1.79. The van der Waals surface area contributed by atoms with Gasteiger partial charge in [0, 0.05) is 17.8 Å². The van der Waals surface area contributed by atoms with Gasteiger partial charge in [-0.25, -0.2) is 4.68 Å². The maximum Gasteiger partial charge on any atom is 0.124 e. The number of nitriles is 1. The molecule has 0 spiro atoms. The maximum atomic E-state index is 9.25. The molecule has 0 amide bonds. The van der Waals surface area contributed by atoms with E-state index in [4.69, 9.17) is 0 Å². The average molecular weight is 254 g/mol. The van der Waals surface area contributed by atoms with Crippen molar-refractivity contribution in [1.82, 2.24) is 15.1 Å². The SMILES string of the molecule is CCC(C)NC(C#N)c1cnn(-c2ccccc2)c1. The first kappa shape index (κ1) is 13.3. The number of nitrogens with zero attached hydrogens (tertiary/aromatic N) is 3. The number of benzene rings is 1. The lowest BCUT2D eigenvalue weighted by atomic mass is 10.1. The van der Waals surface area contributed by atoms with Crippen molar-refractivity contribution in [2.75, 3.05) is 0 Å². The highest BCUT2D eigenvalue weighted by Gasteiger charge is 2.14. The van der Waals surface area contributed by atoms with Crippen molar-refractivity contribution >= 4 is 0 Å². The van der Waals surface area contributed by atoms with Crippen molar-refractivity contribution < 1.29 is 0 Å². The molecule has 0 fully saturated rings. The van der Waals surface area contributed by atoms with Crippen molar-refractivity contribution in [3.63, 3.8) is 0 Å². The Balaban J connectivity index is 2.18. The van der Waals surface area contributed by atoms with Gasteiger partial charge in [0.25, 0.3) is 0 Å². The van der Waals surface area contributed by atoms with Gasteiger partial charge >= 0.3 is 0 Å². The van der Waals surface area contributed by atoms with Gasteiger partial charge in [0.05, 0.1) is 18.0 Å². The van der Waals surface area contributed by atoms with Crippen LogP contribution in [0.1, 0.15) is 31.9 Å². The molecule has 1 N–H and O–H groups in total. The van der Waals surface area contributed by atoms with Crippen LogP contribution in [-0.4, -0.2) is 15.8 Å². The van der Waals surface area contributed by atoms with Gasteiger partial charge in [-0.3, -0.25) is 5.32 Å². The summed E-state index contributed by atoms with van der Waals surface area (Å²) in [7, 11) is 0. The molecule has 0 aliphatic carbocycles. The average Bonchev–Trinajstić information content (AvgIpc) is 2.95. The van der Waals surface area contributed by atoms with Crippen LogP contribution in [0.25, 0.3) is 5.69 Å². The highest BCUT2D eigenvalue weighted by Crippen LogP contribution is 2.15. The zero-order chi connectivity index (χ0) is 13.7. The zero-order valence-electron chi connectivity index (χ0n) is 11.2. The third-order valence-corrected chi connectivity index (χ3v) is 3.15. The standard InChI is InChI=1S/C15H18N4/c1-3-12(2)18-15(9-16)13-10-17-19(11-13)14-7-5-4-6-8-14/h4-8,10-12,15,18H,3H2,1-2H3. The van der Waals surface area contributed by atoms with Crippen LogP contribution < -0.4 is 5.32 Å². The molecule has 2 rings (SSSR count). The van der Waals surface area contributed by atoms with Gasteiger partial charge in [0.15, 0.2) is 0 Å². The summed E-state index contributed by atoms with van der Waals surface area (Å²) in [6, 6.07) is 12.2. The van der Waals surface area contributed by atoms with Crippen molar-refractivity contribution in [1.29, 1.82) is 5.26 Å². The van der Waals surface area contributed by atoms with Gasteiger partial charge in [-0.1, -0.05) is 25.1 Å². The van der Waals surface area contributed by atoms with Crippen molar-refractivity contribution in [2.24, 2.45) is 0 Å². The predicted molar refractivity (Wildman–Crippen MR) is 74.8 cm³/mol. The predicted octanol–water partition coefficient (Wildman–Crippen LogP) is 2.83. The molecule has 2 unspecified atom stereocenters. The zero-order valence-corrected chi connectivity index (χ0v) is 11.2. The van der Waals surface area contributed by atoms with Gasteiger partial charge < -0.3 is 0 Å². The van der Waals surface area contributed by atoms with Crippen molar-refractivity contribution in [3.8, 4) is 11.8 Å². The van der Waals surface area contributed by atoms with E-state index >= 15 is 0 Å². The summed E-state index contributed by atoms with van der Waals surface area (Å²) in [5.41, 5.74) is 1.89. The second-order valence-electron chi connectivity index (χ2n) is 4.59. The van der Waals surface area contributed by atoms with Crippen molar-refractivity contribution in [3.05, 3.63) is 48.3 Å². The Morgan fingerprint density at radius 2 is 2.11 bits per heavy atom. The van der Waals surface area contributed by atoms with E-state index in [0.717, 1.165) is 17.7 Å². The normalized spacial score (nSPS) is 13.7. The molecule has 0 radical (unpaired) electrons. The Labute approximate surface area is 113 Å². The van der Waals surface area contributed by atoms with Crippen LogP contribution in [0.3, 0.4) is 0 Å². The molecule has 2 aromatic rings. The molecule has 0 bridgehead atoms. The molecule has 1 aromatic carbocycles. The molecule has 1 heterocycles. The fourth-order valence-electron chi connectivity index (χ4n) is 1.82. The number of aromatic nitrogens is 2. The van der Waals surface area contributed by atoms with Crippen LogP contribution in [0, 0.1) is 11.3 Å². The molecule has 4 heteroatoms. The molecule has 0 saturated heterocycles. The third-order valence-electron chi connectivity index (χ3n) is 3.15.